The van der Waals surface area contributed by atoms with Crippen molar-refractivity contribution in [1.29, 1.82) is 0 Å². The van der Waals surface area contributed by atoms with Gasteiger partial charge in [-0.15, -0.1) is 5.10 Å². The SMILES string of the molecule is CCCCC([N-]OC(C(C)C)n1nnc2ccccc21)(c1ccccc1)c1ccccc1.[Li+]. The Morgan fingerprint density at radius 3 is 2.03 bits per heavy atom. The van der Waals surface area contributed by atoms with Gasteiger partial charge < -0.3 is 10.3 Å². The normalized spacial score (nSPS) is 12.6. The Morgan fingerprint density at radius 2 is 1.45 bits per heavy atom. The third-order valence-corrected chi connectivity index (χ3v) is 5.90. The first-order valence-corrected chi connectivity index (χ1v) is 11.4. The molecule has 1 heterocycles. The van der Waals surface area contributed by atoms with Gasteiger partial charge in [0.2, 0.25) is 0 Å². The smallest absolute Gasteiger partial charge is 0.519 e. The molecule has 4 aromatic rings. The molecule has 0 radical (unpaired) electrons. The molecule has 0 bridgehead atoms. The second kappa shape index (κ2) is 11.6. The molecule has 0 fully saturated rings. The molecular formula is C27H31LiN4O. The van der Waals surface area contributed by atoms with Crippen LogP contribution in [-0.4, -0.2) is 15.0 Å². The standard InChI is InChI=1S/C27H31N4O.Li/c1-4-5-20-27(22-14-8-6-9-15-22,23-16-10-7-11-17-23)29-32-26(21(2)3)31-25-19-13-12-18-24(25)28-30-31;/h6-19,21,26H,4-5,20H2,1-3H3;/q-1;+1. The van der Waals surface area contributed by atoms with Crippen LogP contribution >= 0.6 is 0 Å². The van der Waals surface area contributed by atoms with Gasteiger partial charge in [0.05, 0.1) is 5.52 Å². The maximum absolute atomic E-state index is 6.41. The van der Waals surface area contributed by atoms with E-state index in [-0.39, 0.29) is 31.0 Å². The summed E-state index contributed by atoms with van der Waals surface area (Å²) >= 11 is 0. The molecule has 0 saturated carbocycles. The molecule has 0 aliphatic rings. The molecule has 166 valence electrons. The topological polar surface area (TPSA) is 54.0 Å². The first kappa shape index (κ1) is 25.2. The summed E-state index contributed by atoms with van der Waals surface area (Å²) in [5, 5.41) is 8.73. The van der Waals surface area contributed by atoms with Crippen molar-refractivity contribution in [2.75, 3.05) is 0 Å². The van der Waals surface area contributed by atoms with Crippen LogP contribution in [0.15, 0.2) is 84.9 Å². The van der Waals surface area contributed by atoms with Gasteiger partial charge in [0.15, 0.2) is 0 Å². The maximum atomic E-state index is 6.41. The van der Waals surface area contributed by atoms with Gasteiger partial charge in [0.1, 0.15) is 11.7 Å². The zero-order chi connectivity index (χ0) is 22.4. The van der Waals surface area contributed by atoms with Crippen LogP contribution in [0.3, 0.4) is 0 Å². The van der Waals surface area contributed by atoms with Gasteiger partial charge in [-0.3, -0.25) is 0 Å². The average molecular weight is 435 g/mol. The van der Waals surface area contributed by atoms with Gasteiger partial charge in [-0.2, -0.15) is 0 Å². The van der Waals surface area contributed by atoms with Crippen LogP contribution in [0, 0.1) is 5.92 Å². The number of para-hydroxylation sites is 1. The molecule has 3 aromatic carbocycles. The minimum Gasteiger partial charge on any atom is -0.519 e. The minimum absolute atomic E-state index is 0. The van der Waals surface area contributed by atoms with Crippen LogP contribution in [0.5, 0.6) is 0 Å². The zero-order valence-electron chi connectivity index (χ0n) is 20.1. The van der Waals surface area contributed by atoms with E-state index in [2.05, 4.69) is 79.6 Å². The largest absolute Gasteiger partial charge is 1.00 e. The Balaban J connectivity index is 0.00000306. The van der Waals surface area contributed by atoms with E-state index in [9.17, 15) is 0 Å². The van der Waals surface area contributed by atoms with Gasteiger partial charge in [-0.05, 0) is 18.1 Å². The summed E-state index contributed by atoms with van der Waals surface area (Å²) in [6, 6.07) is 28.9. The van der Waals surface area contributed by atoms with E-state index >= 15 is 0 Å². The number of nitrogens with zero attached hydrogens (tertiary/aromatic N) is 4. The molecule has 4 rings (SSSR count). The molecule has 1 atom stereocenters. The fourth-order valence-electron chi connectivity index (χ4n) is 4.13. The van der Waals surface area contributed by atoms with E-state index in [0.717, 1.165) is 41.4 Å². The Kier molecular flexibility index (Phi) is 8.88. The fraction of sp³-hybridized carbons (Fsp3) is 0.333. The number of rotatable bonds is 10. The molecule has 0 saturated heterocycles. The summed E-state index contributed by atoms with van der Waals surface area (Å²) in [7, 11) is 0. The summed E-state index contributed by atoms with van der Waals surface area (Å²) in [6.45, 7) is 6.45. The van der Waals surface area contributed by atoms with Gasteiger partial charge in [0, 0.05) is 0 Å². The Labute approximate surface area is 208 Å². The van der Waals surface area contributed by atoms with Crippen molar-refractivity contribution in [2.45, 2.75) is 51.8 Å². The monoisotopic (exact) mass is 434 g/mol. The predicted octanol–water partition coefficient (Wildman–Crippen LogP) is 4.03. The first-order valence-electron chi connectivity index (χ1n) is 11.4. The minimum atomic E-state index is -0.595. The van der Waals surface area contributed by atoms with Gasteiger partial charge in [-0.1, -0.05) is 135 Å². The molecule has 33 heavy (non-hydrogen) atoms. The van der Waals surface area contributed by atoms with E-state index in [0.29, 0.717) is 0 Å². The molecule has 1 unspecified atom stereocenters. The van der Waals surface area contributed by atoms with E-state index in [4.69, 9.17) is 10.3 Å². The molecule has 0 aliphatic carbocycles. The number of fused-ring (bicyclic) bond motifs is 1. The molecular weight excluding hydrogens is 403 g/mol. The molecule has 0 spiro atoms. The molecule has 6 heteroatoms. The van der Waals surface area contributed by atoms with Crippen LogP contribution in [0.25, 0.3) is 16.5 Å². The van der Waals surface area contributed by atoms with Gasteiger partial charge in [0.25, 0.3) is 0 Å². The molecule has 0 N–H and O–H groups in total. The van der Waals surface area contributed by atoms with Crippen LogP contribution in [-0.2, 0) is 10.4 Å². The Morgan fingerprint density at radius 1 is 0.879 bits per heavy atom. The summed E-state index contributed by atoms with van der Waals surface area (Å²) < 4.78 is 1.85. The fourth-order valence-corrected chi connectivity index (χ4v) is 4.13. The maximum Gasteiger partial charge on any atom is 1.00 e. The van der Waals surface area contributed by atoms with Crippen molar-refractivity contribution >= 4 is 11.0 Å². The number of unbranched alkanes of at least 4 members (excludes halogenated alkanes) is 1. The summed E-state index contributed by atoms with van der Waals surface area (Å²) in [4.78, 5) is 6.41. The first-order chi connectivity index (χ1) is 15.7. The van der Waals surface area contributed by atoms with Crippen LogP contribution in [0.4, 0.5) is 0 Å². The van der Waals surface area contributed by atoms with Gasteiger partial charge in [-0.25, -0.2) is 4.68 Å². The second-order valence-electron chi connectivity index (χ2n) is 8.55. The molecule has 1 aromatic heterocycles. The number of hydroxylamine groups is 1. The molecule has 0 amide bonds. The van der Waals surface area contributed by atoms with E-state index in [1.54, 1.807) is 0 Å². The number of aromatic nitrogens is 3. The van der Waals surface area contributed by atoms with Crippen LogP contribution < -0.4 is 18.9 Å². The Hall–Kier alpha value is -2.42. The zero-order valence-corrected chi connectivity index (χ0v) is 20.1. The van der Waals surface area contributed by atoms with E-state index in [1.165, 1.54) is 0 Å². The third-order valence-electron chi connectivity index (χ3n) is 5.90. The number of benzene rings is 3. The van der Waals surface area contributed by atoms with Crippen LogP contribution in [0.1, 0.15) is 57.4 Å². The van der Waals surface area contributed by atoms with E-state index < -0.39 is 5.54 Å². The second-order valence-corrected chi connectivity index (χ2v) is 8.55. The van der Waals surface area contributed by atoms with Crippen LogP contribution in [0.2, 0.25) is 0 Å². The summed E-state index contributed by atoms with van der Waals surface area (Å²) in [6.07, 6.45) is 2.62. The molecule has 5 nitrogen and oxygen atoms in total. The third kappa shape index (κ3) is 5.39. The van der Waals surface area contributed by atoms with Crippen molar-refractivity contribution in [3.8, 4) is 0 Å². The van der Waals surface area contributed by atoms with Crippen molar-refractivity contribution in [3.63, 3.8) is 0 Å². The number of hydrogen-bond acceptors (Lipinski definition) is 3. The predicted molar refractivity (Wildman–Crippen MR) is 129 cm³/mol. The van der Waals surface area contributed by atoms with Crippen molar-refractivity contribution in [1.82, 2.24) is 15.0 Å². The molecule has 0 aliphatic heterocycles. The summed E-state index contributed by atoms with van der Waals surface area (Å²) in [5.41, 5.74) is 8.49. The van der Waals surface area contributed by atoms with E-state index in [1.807, 2.05) is 41.1 Å². The van der Waals surface area contributed by atoms with Crippen molar-refractivity contribution in [2.24, 2.45) is 5.92 Å². The Bertz CT molecular complexity index is 1080. The van der Waals surface area contributed by atoms with Crippen molar-refractivity contribution in [3.05, 3.63) is 102 Å². The summed E-state index contributed by atoms with van der Waals surface area (Å²) in [5.74, 6) is 0.152. The quantitative estimate of drug-likeness (QED) is 0.280. The number of hydrogen-bond donors (Lipinski definition) is 0. The van der Waals surface area contributed by atoms with Gasteiger partial charge >= 0.3 is 18.9 Å². The van der Waals surface area contributed by atoms with Crippen molar-refractivity contribution < 1.29 is 23.7 Å². The average Bonchev–Trinajstić information content (AvgIpc) is 3.26.